The van der Waals surface area contributed by atoms with Gasteiger partial charge in [-0.25, -0.2) is 21.6 Å². The fourth-order valence-corrected chi connectivity index (χ4v) is 3.58. The molecule has 0 saturated heterocycles. The van der Waals surface area contributed by atoms with Gasteiger partial charge in [-0.05, 0) is 37.3 Å². The number of carbonyl (C=O) groups excluding carboxylic acids is 1. The molecular weight excluding hydrogens is 409 g/mol. The lowest BCUT2D eigenvalue weighted by molar-refractivity contribution is -0.117. The summed E-state index contributed by atoms with van der Waals surface area (Å²) < 4.78 is 71.4. The number of rotatable bonds is 6. The summed E-state index contributed by atoms with van der Waals surface area (Å²) in [5.41, 5.74) is -0.627. The highest BCUT2D eigenvalue weighted by Gasteiger charge is 2.24. The smallest absolute Gasteiger partial charge is 0.242 e. The van der Waals surface area contributed by atoms with Gasteiger partial charge in [-0.1, -0.05) is 11.6 Å². The van der Waals surface area contributed by atoms with E-state index in [1.54, 1.807) is 0 Å². The Kier molecular flexibility index (Phi) is 6.34. The Morgan fingerprint density at radius 3 is 2.41 bits per heavy atom. The van der Waals surface area contributed by atoms with E-state index in [1.807, 2.05) is 5.32 Å². The first-order valence-corrected chi connectivity index (χ1v) is 9.23. The van der Waals surface area contributed by atoms with Crippen LogP contribution in [-0.4, -0.2) is 27.5 Å². The Hall–Kier alpha value is -2.30. The second-order valence-electron chi connectivity index (χ2n) is 5.35. The van der Waals surface area contributed by atoms with Crippen LogP contribution in [0.15, 0.2) is 35.2 Å². The molecule has 6 nitrogen and oxygen atoms in total. The molecule has 2 N–H and O–H groups in total. The van der Waals surface area contributed by atoms with Crippen LogP contribution in [0.3, 0.4) is 0 Å². The molecule has 0 aromatic heterocycles. The topological polar surface area (TPSA) is 84.5 Å². The van der Waals surface area contributed by atoms with Crippen molar-refractivity contribution in [2.75, 3.05) is 12.4 Å². The van der Waals surface area contributed by atoms with Crippen molar-refractivity contribution >= 4 is 33.2 Å². The van der Waals surface area contributed by atoms with E-state index < -0.39 is 45.1 Å². The first kappa shape index (κ1) is 21.0. The molecule has 1 atom stereocenters. The van der Waals surface area contributed by atoms with Gasteiger partial charge in [0.25, 0.3) is 0 Å². The molecule has 1 amide bonds. The molecule has 0 radical (unpaired) electrons. The lowest BCUT2D eigenvalue weighted by Gasteiger charge is -2.15. The third-order valence-electron chi connectivity index (χ3n) is 3.45. The van der Waals surface area contributed by atoms with Crippen LogP contribution in [0, 0.1) is 17.5 Å². The number of ether oxygens (including phenoxy) is 1. The fourth-order valence-electron chi connectivity index (χ4n) is 2.03. The van der Waals surface area contributed by atoms with Gasteiger partial charge in [0.1, 0.15) is 5.75 Å². The molecule has 2 aromatic rings. The predicted molar refractivity (Wildman–Crippen MR) is 92.7 cm³/mol. The minimum absolute atomic E-state index is 0.0429. The minimum atomic E-state index is -4.15. The number of nitrogens with one attached hydrogen (secondary N) is 2. The zero-order valence-electron chi connectivity index (χ0n) is 14.0. The van der Waals surface area contributed by atoms with E-state index in [4.69, 9.17) is 16.3 Å². The number of anilines is 1. The Bertz CT molecular complexity index is 986. The second-order valence-corrected chi connectivity index (χ2v) is 7.47. The Balaban J connectivity index is 2.16. The van der Waals surface area contributed by atoms with Crippen molar-refractivity contribution in [3.05, 3.63) is 52.8 Å². The molecule has 11 heteroatoms. The Morgan fingerprint density at radius 2 is 1.81 bits per heavy atom. The molecular formula is C16H14ClF3N2O4S. The summed E-state index contributed by atoms with van der Waals surface area (Å²) in [6.07, 6.45) is 0. The van der Waals surface area contributed by atoms with Gasteiger partial charge in [0.2, 0.25) is 15.9 Å². The van der Waals surface area contributed by atoms with Gasteiger partial charge < -0.3 is 10.1 Å². The molecule has 0 fully saturated rings. The number of methoxy groups -OCH3 is 1. The zero-order chi connectivity index (χ0) is 20.4. The average molecular weight is 423 g/mol. The van der Waals surface area contributed by atoms with Crippen molar-refractivity contribution in [1.29, 1.82) is 0 Å². The molecule has 2 rings (SSSR count). The third kappa shape index (κ3) is 4.71. The van der Waals surface area contributed by atoms with Crippen molar-refractivity contribution in [3.8, 4) is 5.75 Å². The summed E-state index contributed by atoms with van der Waals surface area (Å²) in [5, 5.41) is 2.03. The van der Waals surface area contributed by atoms with Crippen LogP contribution in [-0.2, 0) is 14.8 Å². The first-order valence-electron chi connectivity index (χ1n) is 7.37. The van der Waals surface area contributed by atoms with E-state index in [-0.39, 0.29) is 15.7 Å². The summed E-state index contributed by atoms with van der Waals surface area (Å²) in [6, 6.07) is 3.76. The quantitative estimate of drug-likeness (QED) is 0.701. The molecule has 146 valence electrons. The minimum Gasteiger partial charge on any atom is -0.495 e. The van der Waals surface area contributed by atoms with Gasteiger partial charge in [-0.2, -0.15) is 4.72 Å². The van der Waals surface area contributed by atoms with Crippen LogP contribution in [0.4, 0.5) is 18.9 Å². The van der Waals surface area contributed by atoms with E-state index in [0.717, 1.165) is 12.1 Å². The molecule has 27 heavy (non-hydrogen) atoms. The molecule has 0 aliphatic heterocycles. The number of hydrogen-bond donors (Lipinski definition) is 2. The van der Waals surface area contributed by atoms with Crippen LogP contribution in [0.2, 0.25) is 5.02 Å². The highest BCUT2D eigenvalue weighted by Crippen LogP contribution is 2.27. The van der Waals surface area contributed by atoms with Crippen molar-refractivity contribution < 1.29 is 31.1 Å². The van der Waals surface area contributed by atoms with E-state index in [9.17, 15) is 26.4 Å². The van der Waals surface area contributed by atoms with Crippen LogP contribution < -0.4 is 14.8 Å². The van der Waals surface area contributed by atoms with Gasteiger partial charge in [0, 0.05) is 0 Å². The van der Waals surface area contributed by atoms with E-state index in [2.05, 4.69) is 4.72 Å². The summed E-state index contributed by atoms with van der Waals surface area (Å²) in [5.74, 6) is -5.50. The SMILES string of the molecule is COc1ccc(S(=O)(=O)N[C@H](C)C(=O)Nc2ccc(F)c(F)c2F)cc1Cl. The number of halogens is 4. The number of amides is 1. The predicted octanol–water partition coefficient (Wildman–Crippen LogP) is 3.07. The summed E-state index contributed by atoms with van der Waals surface area (Å²) in [6.45, 7) is 1.19. The lowest BCUT2D eigenvalue weighted by Crippen LogP contribution is -2.41. The maximum Gasteiger partial charge on any atom is 0.242 e. The Labute approximate surface area is 158 Å². The summed E-state index contributed by atoms with van der Waals surface area (Å²) >= 11 is 5.88. The maximum atomic E-state index is 13.6. The lowest BCUT2D eigenvalue weighted by atomic mass is 10.2. The molecule has 0 saturated carbocycles. The van der Waals surface area contributed by atoms with Crippen molar-refractivity contribution in [2.24, 2.45) is 0 Å². The van der Waals surface area contributed by atoms with Crippen LogP contribution in [0.5, 0.6) is 5.75 Å². The number of carbonyl (C=O) groups is 1. The zero-order valence-corrected chi connectivity index (χ0v) is 15.6. The van der Waals surface area contributed by atoms with Crippen molar-refractivity contribution in [3.63, 3.8) is 0 Å². The summed E-state index contributed by atoms with van der Waals surface area (Å²) in [4.78, 5) is 11.8. The number of sulfonamides is 1. The average Bonchev–Trinajstić information content (AvgIpc) is 2.61. The summed E-state index contributed by atoms with van der Waals surface area (Å²) in [7, 11) is -2.79. The molecule has 0 bridgehead atoms. The molecule has 0 unspecified atom stereocenters. The largest absolute Gasteiger partial charge is 0.495 e. The van der Waals surface area contributed by atoms with Gasteiger partial charge in [-0.15, -0.1) is 0 Å². The normalized spacial score (nSPS) is 12.5. The molecule has 0 heterocycles. The number of benzene rings is 2. The molecule has 0 aliphatic rings. The highest BCUT2D eigenvalue weighted by molar-refractivity contribution is 7.89. The van der Waals surface area contributed by atoms with Crippen molar-refractivity contribution in [1.82, 2.24) is 4.72 Å². The molecule has 0 spiro atoms. The van der Waals surface area contributed by atoms with E-state index >= 15 is 0 Å². The first-order chi connectivity index (χ1) is 12.6. The standard InChI is InChI=1S/C16H14ClF3N2O4S/c1-8(16(23)21-12-5-4-11(18)14(19)15(12)20)22-27(24,25)9-3-6-13(26-2)10(17)7-9/h3-8,22H,1-2H3,(H,21,23)/t8-/m1/s1. The van der Waals surface area contributed by atoms with Gasteiger partial charge in [0.05, 0.1) is 28.8 Å². The third-order valence-corrected chi connectivity index (χ3v) is 5.29. The molecule has 0 aliphatic carbocycles. The van der Waals surface area contributed by atoms with Crippen LogP contribution in [0.1, 0.15) is 6.92 Å². The van der Waals surface area contributed by atoms with Crippen LogP contribution in [0.25, 0.3) is 0 Å². The van der Waals surface area contributed by atoms with Gasteiger partial charge in [-0.3, -0.25) is 4.79 Å². The van der Waals surface area contributed by atoms with Crippen LogP contribution >= 0.6 is 11.6 Å². The molecule has 2 aromatic carbocycles. The number of hydrogen-bond acceptors (Lipinski definition) is 4. The monoisotopic (exact) mass is 422 g/mol. The van der Waals surface area contributed by atoms with E-state index in [0.29, 0.717) is 6.07 Å². The van der Waals surface area contributed by atoms with Gasteiger partial charge >= 0.3 is 0 Å². The maximum absolute atomic E-state index is 13.6. The second kappa shape index (κ2) is 8.15. The van der Waals surface area contributed by atoms with Crippen molar-refractivity contribution in [2.45, 2.75) is 17.9 Å². The van der Waals surface area contributed by atoms with Gasteiger partial charge in [0.15, 0.2) is 17.5 Å². The van der Waals surface area contributed by atoms with E-state index in [1.165, 1.54) is 26.2 Å². The Morgan fingerprint density at radius 1 is 1.15 bits per heavy atom. The fraction of sp³-hybridized carbons (Fsp3) is 0.188. The highest BCUT2D eigenvalue weighted by atomic mass is 35.5.